The van der Waals surface area contributed by atoms with Crippen LogP contribution >= 0.6 is 0 Å². The van der Waals surface area contributed by atoms with Gasteiger partial charge in [0.05, 0.1) is 5.69 Å². The van der Waals surface area contributed by atoms with Gasteiger partial charge in [-0.3, -0.25) is 9.48 Å². The lowest BCUT2D eigenvalue weighted by Gasteiger charge is -2.38. The van der Waals surface area contributed by atoms with E-state index in [9.17, 15) is 4.79 Å². The number of hydrogen-bond donors (Lipinski definition) is 0. The number of piperazine rings is 1. The minimum atomic E-state index is 0.272. The highest BCUT2D eigenvalue weighted by Crippen LogP contribution is 2.16. The van der Waals surface area contributed by atoms with Crippen molar-refractivity contribution >= 4 is 5.91 Å². The van der Waals surface area contributed by atoms with Crippen molar-refractivity contribution in [3.63, 3.8) is 0 Å². The molecule has 0 aromatic carbocycles. The van der Waals surface area contributed by atoms with Gasteiger partial charge in [0.2, 0.25) is 5.91 Å². The maximum atomic E-state index is 12.4. The van der Waals surface area contributed by atoms with Gasteiger partial charge < -0.3 is 9.80 Å². The Morgan fingerprint density at radius 3 is 2.55 bits per heavy atom. The van der Waals surface area contributed by atoms with Gasteiger partial charge in [-0.25, -0.2) is 0 Å². The molecule has 1 unspecified atom stereocenters. The minimum Gasteiger partial charge on any atom is -0.337 e. The van der Waals surface area contributed by atoms with E-state index < -0.39 is 0 Å². The van der Waals surface area contributed by atoms with Crippen LogP contribution < -0.4 is 0 Å². The molecule has 0 radical (unpaired) electrons. The van der Waals surface area contributed by atoms with Crippen LogP contribution in [0.4, 0.5) is 0 Å². The number of aromatic nitrogens is 2. The van der Waals surface area contributed by atoms with Crippen LogP contribution in [0.15, 0.2) is 0 Å². The van der Waals surface area contributed by atoms with Crippen LogP contribution in [-0.4, -0.2) is 58.2 Å². The first-order valence-corrected chi connectivity index (χ1v) is 7.37. The molecule has 0 aliphatic carbocycles. The second kappa shape index (κ2) is 5.95. The van der Waals surface area contributed by atoms with E-state index in [1.807, 2.05) is 23.6 Å². The summed E-state index contributed by atoms with van der Waals surface area (Å²) in [4.78, 5) is 16.7. The lowest BCUT2D eigenvalue weighted by molar-refractivity contribution is -0.135. The lowest BCUT2D eigenvalue weighted by Crippen LogP contribution is -2.52. The van der Waals surface area contributed by atoms with Crippen LogP contribution in [0.2, 0.25) is 0 Å². The molecule has 1 aliphatic heterocycles. The molecule has 0 N–H and O–H groups in total. The van der Waals surface area contributed by atoms with Crippen molar-refractivity contribution in [1.29, 1.82) is 0 Å². The highest BCUT2D eigenvalue weighted by molar-refractivity contribution is 5.77. The van der Waals surface area contributed by atoms with Crippen LogP contribution in [0, 0.1) is 13.8 Å². The molecule has 1 saturated heterocycles. The van der Waals surface area contributed by atoms with E-state index in [0.29, 0.717) is 12.5 Å². The first kappa shape index (κ1) is 15.0. The molecule has 0 saturated carbocycles. The van der Waals surface area contributed by atoms with Crippen LogP contribution in [0.3, 0.4) is 0 Å². The summed E-state index contributed by atoms with van der Waals surface area (Å²) in [5.41, 5.74) is 3.44. The number of likely N-dealkylation sites (N-methyl/N-ethyl adjacent to an activating group) is 1. The number of aryl methyl sites for hydroxylation is 2. The molecule has 1 aromatic rings. The number of carbonyl (C=O) groups is 1. The Hall–Kier alpha value is -1.36. The van der Waals surface area contributed by atoms with E-state index in [0.717, 1.165) is 31.7 Å². The predicted octanol–water partition coefficient (Wildman–Crippen LogP) is 1.13. The van der Waals surface area contributed by atoms with Gasteiger partial charge in [0.25, 0.3) is 0 Å². The number of rotatable bonds is 3. The summed E-state index contributed by atoms with van der Waals surface area (Å²) in [6.07, 6.45) is 1.38. The van der Waals surface area contributed by atoms with E-state index in [1.54, 1.807) is 0 Å². The average molecular weight is 278 g/mol. The highest BCUT2D eigenvalue weighted by Gasteiger charge is 2.25. The van der Waals surface area contributed by atoms with Crippen molar-refractivity contribution in [1.82, 2.24) is 19.6 Å². The summed E-state index contributed by atoms with van der Waals surface area (Å²) >= 11 is 0. The summed E-state index contributed by atoms with van der Waals surface area (Å²) in [7, 11) is 4.07. The van der Waals surface area contributed by atoms with Crippen molar-refractivity contribution in [2.45, 2.75) is 39.7 Å². The summed E-state index contributed by atoms with van der Waals surface area (Å²) in [6.45, 7) is 9.01. The highest BCUT2D eigenvalue weighted by atomic mass is 16.2. The Morgan fingerprint density at radius 1 is 1.30 bits per heavy atom. The maximum Gasteiger partial charge on any atom is 0.223 e. The normalized spacial score (nSPS) is 20.4. The largest absolute Gasteiger partial charge is 0.337 e. The fourth-order valence-corrected chi connectivity index (χ4v) is 3.07. The van der Waals surface area contributed by atoms with Gasteiger partial charge in [-0.05, 0) is 39.8 Å². The Labute approximate surface area is 121 Å². The van der Waals surface area contributed by atoms with E-state index in [2.05, 4.69) is 30.9 Å². The van der Waals surface area contributed by atoms with Crippen molar-refractivity contribution in [3.8, 4) is 0 Å². The number of hydrogen-bond acceptors (Lipinski definition) is 3. The number of carbonyl (C=O) groups excluding carboxylic acids is 1. The molecule has 20 heavy (non-hydrogen) atoms. The van der Waals surface area contributed by atoms with Crippen LogP contribution in [-0.2, 0) is 18.3 Å². The SMILES string of the molecule is Cc1nn(C)c(C)c1CCC(=O)N1CCN(C)CC1C. The standard InChI is InChI=1S/C15H26N4O/c1-11-10-17(4)8-9-19(11)15(20)7-6-14-12(2)16-18(5)13(14)3/h11H,6-10H2,1-5H3. The maximum absolute atomic E-state index is 12.4. The second-order valence-electron chi connectivity index (χ2n) is 5.97. The molecular formula is C15H26N4O. The van der Waals surface area contributed by atoms with Gasteiger partial charge in [0.1, 0.15) is 0 Å². The molecular weight excluding hydrogens is 252 g/mol. The van der Waals surface area contributed by atoms with Gasteiger partial charge in [-0.15, -0.1) is 0 Å². The molecule has 1 amide bonds. The molecule has 0 bridgehead atoms. The third-order valence-corrected chi connectivity index (χ3v) is 4.40. The van der Waals surface area contributed by atoms with Crippen molar-refractivity contribution in [3.05, 3.63) is 17.0 Å². The summed E-state index contributed by atoms with van der Waals surface area (Å²) in [5.74, 6) is 0.272. The molecule has 5 nitrogen and oxygen atoms in total. The second-order valence-corrected chi connectivity index (χ2v) is 5.97. The smallest absolute Gasteiger partial charge is 0.223 e. The molecule has 1 atom stereocenters. The quantitative estimate of drug-likeness (QED) is 0.832. The summed E-state index contributed by atoms with van der Waals surface area (Å²) < 4.78 is 1.90. The molecule has 2 heterocycles. The van der Waals surface area contributed by atoms with E-state index in [1.165, 1.54) is 11.3 Å². The van der Waals surface area contributed by atoms with Gasteiger partial charge in [0, 0.05) is 44.8 Å². The Kier molecular flexibility index (Phi) is 4.48. The van der Waals surface area contributed by atoms with E-state index >= 15 is 0 Å². The monoisotopic (exact) mass is 278 g/mol. The van der Waals surface area contributed by atoms with Crippen LogP contribution in [0.25, 0.3) is 0 Å². The molecule has 1 aromatic heterocycles. The van der Waals surface area contributed by atoms with Crippen molar-refractivity contribution in [2.75, 3.05) is 26.7 Å². The van der Waals surface area contributed by atoms with E-state index in [4.69, 9.17) is 0 Å². The van der Waals surface area contributed by atoms with Crippen molar-refractivity contribution < 1.29 is 4.79 Å². The Balaban J connectivity index is 1.95. The van der Waals surface area contributed by atoms with Gasteiger partial charge in [-0.1, -0.05) is 0 Å². The van der Waals surface area contributed by atoms with Crippen LogP contribution in [0.5, 0.6) is 0 Å². The average Bonchev–Trinajstić information content (AvgIpc) is 2.61. The van der Waals surface area contributed by atoms with Crippen LogP contribution in [0.1, 0.15) is 30.3 Å². The zero-order valence-corrected chi connectivity index (χ0v) is 13.3. The van der Waals surface area contributed by atoms with Gasteiger partial charge in [0.15, 0.2) is 0 Å². The topological polar surface area (TPSA) is 41.4 Å². The zero-order chi connectivity index (χ0) is 14.9. The molecule has 5 heteroatoms. The van der Waals surface area contributed by atoms with Gasteiger partial charge >= 0.3 is 0 Å². The fourth-order valence-electron chi connectivity index (χ4n) is 3.07. The third-order valence-electron chi connectivity index (χ3n) is 4.40. The summed E-state index contributed by atoms with van der Waals surface area (Å²) in [6, 6.07) is 0.317. The molecule has 112 valence electrons. The number of amides is 1. The molecule has 0 spiro atoms. The third kappa shape index (κ3) is 3.03. The molecule has 2 rings (SSSR count). The molecule has 1 aliphatic rings. The Bertz CT molecular complexity index is 494. The number of nitrogens with zero attached hydrogens (tertiary/aromatic N) is 4. The van der Waals surface area contributed by atoms with E-state index in [-0.39, 0.29) is 5.91 Å². The fraction of sp³-hybridized carbons (Fsp3) is 0.733. The van der Waals surface area contributed by atoms with Gasteiger partial charge in [-0.2, -0.15) is 5.10 Å². The van der Waals surface area contributed by atoms with Crippen molar-refractivity contribution in [2.24, 2.45) is 7.05 Å². The first-order valence-electron chi connectivity index (χ1n) is 7.37. The lowest BCUT2D eigenvalue weighted by atomic mass is 10.1. The predicted molar refractivity (Wildman–Crippen MR) is 79.7 cm³/mol. The zero-order valence-electron chi connectivity index (χ0n) is 13.3. The first-order chi connectivity index (χ1) is 9.40. The Morgan fingerprint density at radius 2 is 2.00 bits per heavy atom. The minimum absolute atomic E-state index is 0.272. The summed E-state index contributed by atoms with van der Waals surface area (Å²) in [5, 5.41) is 4.41. The molecule has 1 fully saturated rings.